The van der Waals surface area contributed by atoms with Crippen molar-refractivity contribution < 1.29 is 14.7 Å². The van der Waals surface area contributed by atoms with E-state index in [-0.39, 0.29) is 5.91 Å². The van der Waals surface area contributed by atoms with Gasteiger partial charge in [-0.15, -0.1) is 0 Å². The summed E-state index contributed by atoms with van der Waals surface area (Å²) in [7, 11) is 0. The molecule has 0 fully saturated rings. The van der Waals surface area contributed by atoms with Crippen LogP contribution in [0.15, 0.2) is 54.6 Å². The van der Waals surface area contributed by atoms with Crippen LogP contribution in [0.3, 0.4) is 0 Å². The smallest absolute Gasteiger partial charge is 0.409 e. The third kappa shape index (κ3) is 5.44. The van der Waals surface area contributed by atoms with Crippen LogP contribution in [-0.2, 0) is 17.8 Å². The van der Waals surface area contributed by atoms with Gasteiger partial charge in [-0.25, -0.2) is 4.79 Å². The second-order valence-corrected chi connectivity index (χ2v) is 5.14. The Morgan fingerprint density at radius 3 is 2.26 bits per heavy atom. The van der Waals surface area contributed by atoms with E-state index in [0.717, 1.165) is 11.1 Å². The van der Waals surface area contributed by atoms with Crippen LogP contribution in [0.5, 0.6) is 0 Å². The highest BCUT2D eigenvalue weighted by atomic mass is 16.4. The number of anilines is 1. The molecule has 2 aromatic carbocycles. The van der Waals surface area contributed by atoms with Crippen molar-refractivity contribution in [2.45, 2.75) is 19.0 Å². The molecule has 0 radical (unpaired) electrons. The van der Waals surface area contributed by atoms with Crippen LogP contribution in [0.2, 0.25) is 0 Å². The van der Waals surface area contributed by atoms with Gasteiger partial charge in [0.1, 0.15) is 0 Å². The Labute approximate surface area is 134 Å². The van der Waals surface area contributed by atoms with Gasteiger partial charge in [0.2, 0.25) is 5.91 Å². The zero-order valence-electron chi connectivity index (χ0n) is 12.5. The summed E-state index contributed by atoms with van der Waals surface area (Å²) >= 11 is 0. The van der Waals surface area contributed by atoms with Gasteiger partial charge in [-0.2, -0.15) is 0 Å². The highest BCUT2D eigenvalue weighted by Crippen LogP contribution is 2.09. The standard InChI is InChI=1S/C17H19N3O3/c18-15(10-12-4-2-1-3-5-12)16(21)19-11-13-6-8-14(9-7-13)20-17(22)23/h1-9,15,20H,10-11,18H2,(H,19,21)(H,22,23)/t15-/m0/s1. The average molecular weight is 313 g/mol. The summed E-state index contributed by atoms with van der Waals surface area (Å²) in [6.45, 7) is 0.342. The van der Waals surface area contributed by atoms with E-state index >= 15 is 0 Å². The van der Waals surface area contributed by atoms with Crippen molar-refractivity contribution in [2.24, 2.45) is 5.73 Å². The van der Waals surface area contributed by atoms with E-state index in [1.54, 1.807) is 24.3 Å². The maximum atomic E-state index is 12.0. The zero-order valence-corrected chi connectivity index (χ0v) is 12.5. The minimum Gasteiger partial charge on any atom is -0.465 e. The molecular weight excluding hydrogens is 294 g/mol. The van der Waals surface area contributed by atoms with Gasteiger partial charge in [0, 0.05) is 12.2 Å². The maximum absolute atomic E-state index is 12.0. The minimum atomic E-state index is -1.11. The molecule has 0 aliphatic rings. The van der Waals surface area contributed by atoms with E-state index in [9.17, 15) is 9.59 Å². The third-order valence-corrected chi connectivity index (χ3v) is 3.31. The van der Waals surface area contributed by atoms with Crippen LogP contribution in [0.25, 0.3) is 0 Å². The number of rotatable bonds is 6. The fourth-order valence-corrected chi connectivity index (χ4v) is 2.11. The second kappa shape index (κ2) is 7.95. The van der Waals surface area contributed by atoms with Gasteiger partial charge >= 0.3 is 6.09 Å². The Kier molecular flexibility index (Phi) is 5.71. The topological polar surface area (TPSA) is 104 Å². The molecule has 1 atom stereocenters. The van der Waals surface area contributed by atoms with Gasteiger partial charge in [-0.3, -0.25) is 10.1 Å². The number of nitrogens with two attached hydrogens (primary N) is 1. The van der Waals surface area contributed by atoms with Crippen LogP contribution < -0.4 is 16.4 Å². The van der Waals surface area contributed by atoms with Crippen molar-refractivity contribution in [3.8, 4) is 0 Å². The lowest BCUT2D eigenvalue weighted by atomic mass is 10.1. The SMILES string of the molecule is N[C@@H](Cc1ccccc1)C(=O)NCc1ccc(NC(=O)O)cc1. The van der Waals surface area contributed by atoms with E-state index < -0.39 is 12.1 Å². The number of carboxylic acid groups (broad SMARTS) is 1. The predicted molar refractivity (Wildman–Crippen MR) is 88.1 cm³/mol. The monoisotopic (exact) mass is 313 g/mol. The summed E-state index contributed by atoms with van der Waals surface area (Å²) in [6.07, 6.45) is -0.633. The predicted octanol–water partition coefficient (Wildman–Crippen LogP) is 1.96. The van der Waals surface area contributed by atoms with E-state index in [1.807, 2.05) is 30.3 Å². The molecule has 0 bridgehead atoms. The van der Waals surface area contributed by atoms with Crippen LogP contribution in [0, 0.1) is 0 Å². The number of nitrogens with one attached hydrogen (secondary N) is 2. The van der Waals surface area contributed by atoms with E-state index in [0.29, 0.717) is 18.7 Å². The first-order valence-electron chi connectivity index (χ1n) is 7.20. The molecule has 6 heteroatoms. The largest absolute Gasteiger partial charge is 0.465 e. The molecule has 23 heavy (non-hydrogen) atoms. The summed E-state index contributed by atoms with van der Waals surface area (Å²) in [4.78, 5) is 22.5. The molecule has 120 valence electrons. The first-order valence-corrected chi connectivity index (χ1v) is 7.20. The second-order valence-electron chi connectivity index (χ2n) is 5.14. The summed E-state index contributed by atoms with van der Waals surface area (Å²) in [5.41, 5.74) is 8.26. The molecule has 0 aliphatic carbocycles. The Balaban J connectivity index is 1.82. The van der Waals surface area contributed by atoms with E-state index in [2.05, 4.69) is 10.6 Å². The number of carbonyl (C=O) groups is 2. The Morgan fingerprint density at radius 2 is 1.65 bits per heavy atom. The van der Waals surface area contributed by atoms with Crippen molar-refractivity contribution >= 4 is 17.7 Å². The molecular formula is C17H19N3O3. The lowest BCUT2D eigenvalue weighted by molar-refractivity contribution is -0.122. The summed E-state index contributed by atoms with van der Waals surface area (Å²) in [5, 5.41) is 13.6. The molecule has 0 unspecified atom stereocenters. The summed E-state index contributed by atoms with van der Waals surface area (Å²) < 4.78 is 0. The van der Waals surface area contributed by atoms with Crippen LogP contribution in [0.1, 0.15) is 11.1 Å². The molecule has 0 heterocycles. The molecule has 0 spiro atoms. The Hall–Kier alpha value is -2.86. The number of hydrogen-bond acceptors (Lipinski definition) is 3. The number of hydrogen-bond donors (Lipinski definition) is 4. The number of carbonyl (C=O) groups excluding carboxylic acids is 1. The van der Waals surface area contributed by atoms with Crippen LogP contribution in [-0.4, -0.2) is 23.1 Å². The van der Waals surface area contributed by atoms with Gasteiger partial charge in [0.25, 0.3) is 0 Å². The molecule has 5 N–H and O–H groups in total. The molecule has 2 amide bonds. The van der Waals surface area contributed by atoms with E-state index in [1.165, 1.54) is 0 Å². The number of benzene rings is 2. The van der Waals surface area contributed by atoms with Crippen molar-refractivity contribution in [3.05, 3.63) is 65.7 Å². The molecule has 2 rings (SSSR count). The van der Waals surface area contributed by atoms with Crippen molar-refractivity contribution in [2.75, 3.05) is 5.32 Å². The van der Waals surface area contributed by atoms with Gasteiger partial charge < -0.3 is 16.2 Å². The van der Waals surface area contributed by atoms with Gasteiger partial charge in [-0.05, 0) is 29.7 Å². The minimum absolute atomic E-state index is 0.221. The Morgan fingerprint density at radius 1 is 1.00 bits per heavy atom. The Bertz CT molecular complexity index is 657. The van der Waals surface area contributed by atoms with Gasteiger partial charge in [-0.1, -0.05) is 42.5 Å². The third-order valence-electron chi connectivity index (χ3n) is 3.31. The van der Waals surface area contributed by atoms with E-state index in [4.69, 9.17) is 10.8 Å². The molecule has 0 aromatic heterocycles. The highest BCUT2D eigenvalue weighted by Gasteiger charge is 2.13. The first kappa shape index (κ1) is 16.5. The number of amides is 2. The lowest BCUT2D eigenvalue weighted by Crippen LogP contribution is -2.41. The summed E-state index contributed by atoms with van der Waals surface area (Å²) in [6, 6.07) is 15.8. The molecule has 0 saturated heterocycles. The fraction of sp³-hybridized carbons (Fsp3) is 0.176. The first-order chi connectivity index (χ1) is 11.0. The van der Waals surface area contributed by atoms with Crippen LogP contribution in [0.4, 0.5) is 10.5 Å². The molecule has 0 aliphatic heterocycles. The zero-order chi connectivity index (χ0) is 16.7. The molecule has 0 saturated carbocycles. The summed E-state index contributed by atoms with van der Waals surface area (Å²) in [5.74, 6) is -0.221. The van der Waals surface area contributed by atoms with Crippen molar-refractivity contribution in [3.63, 3.8) is 0 Å². The maximum Gasteiger partial charge on any atom is 0.409 e. The molecule has 2 aromatic rings. The van der Waals surface area contributed by atoms with Gasteiger partial charge in [0.15, 0.2) is 0 Å². The normalized spacial score (nSPS) is 11.5. The van der Waals surface area contributed by atoms with Crippen LogP contribution >= 0.6 is 0 Å². The lowest BCUT2D eigenvalue weighted by Gasteiger charge is -2.12. The van der Waals surface area contributed by atoms with Gasteiger partial charge in [0.05, 0.1) is 6.04 Å². The quantitative estimate of drug-likeness (QED) is 0.654. The fourth-order valence-electron chi connectivity index (χ4n) is 2.11. The highest BCUT2D eigenvalue weighted by molar-refractivity contribution is 5.83. The average Bonchev–Trinajstić information content (AvgIpc) is 2.54. The van der Waals surface area contributed by atoms with Crippen molar-refractivity contribution in [1.82, 2.24) is 5.32 Å². The molecule has 6 nitrogen and oxygen atoms in total. The van der Waals surface area contributed by atoms with Crippen molar-refractivity contribution in [1.29, 1.82) is 0 Å².